The van der Waals surface area contributed by atoms with Crippen molar-refractivity contribution in [2.24, 2.45) is 5.73 Å². The van der Waals surface area contributed by atoms with Crippen LogP contribution in [0.4, 0.5) is 0 Å². The molecule has 0 radical (unpaired) electrons. The third kappa shape index (κ3) is 45.4. The average molecular weight is 1220 g/mol. The van der Waals surface area contributed by atoms with Crippen molar-refractivity contribution < 1.29 is 43.8 Å². The molecule has 17 heteroatoms. The minimum atomic E-state index is -0.685. The summed E-state index contributed by atoms with van der Waals surface area (Å²) in [4.78, 5) is 109. The summed E-state index contributed by atoms with van der Waals surface area (Å²) in [5.41, 5.74) is 5.71. The summed E-state index contributed by atoms with van der Waals surface area (Å²) in [6.45, 7) is 12.7. The van der Waals surface area contributed by atoms with Crippen molar-refractivity contribution in [1.82, 2.24) is 34.7 Å². The quantitative estimate of drug-likeness (QED) is 0.0422. The maximum atomic E-state index is 15.0. The van der Waals surface area contributed by atoms with E-state index in [1.165, 1.54) is 48.3 Å². The van der Waals surface area contributed by atoms with Crippen molar-refractivity contribution in [3.8, 4) is 0 Å². The number of rotatable bonds is 63. The molecule has 0 heterocycles. The molecule has 504 valence electrons. The second kappa shape index (κ2) is 58.8. The van der Waals surface area contributed by atoms with Gasteiger partial charge < -0.3 is 50.7 Å². The van der Waals surface area contributed by atoms with Gasteiger partial charge >= 0.3 is 0 Å². The molecule has 0 saturated carbocycles. The minimum Gasteiger partial charge on any atom is -0.395 e. The van der Waals surface area contributed by atoms with E-state index in [2.05, 4.69) is 46.9 Å². The average Bonchev–Trinajstić information content (AvgIpc) is 3.70. The van der Waals surface area contributed by atoms with E-state index in [0.717, 1.165) is 186 Å². The van der Waals surface area contributed by atoms with Gasteiger partial charge in [0.05, 0.1) is 65.1 Å². The summed E-state index contributed by atoms with van der Waals surface area (Å²) < 4.78 is 0. The van der Waals surface area contributed by atoms with Gasteiger partial charge in [-0.2, -0.15) is 0 Å². The van der Waals surface area contributed by atoms with E-state index < -0.39 is 11.9 Å². The molecule has 0 aromatic carbocycles. The fourth-order valence-electron chi connectivity index (χ4n) is 11.0. The van der Waals surface area contributed by atoms with E-state index in [4.69, 9.17) is 5.73 Å². The van der Waals surface area contributed by atoms with E-state index in [9.17, 15) is 39.0 Å². The SMILES string of the molecule is CCCCCCCCCCN(CC(N)=O)C(=O)CN(CCCCCCCC)C(=O)CN(CCCCCCCC)C(=O)CN(CCCCCCCCCC)C(=O)CN(CCCCCCCC)C(=O)CN(CCCCCCCC)C(=O)CNC(CO)CO. The van der Waals surface area contributed by atoms with Crippen molar-refractivity contribution in [1.29, 1.82) is 0 Å². The molecular weight excluding hydrogens is 1080 g/mol. The second-order valence-electron chi connectivity index (χ2n) is 24.8. The van der Waals surface area contributed by atoms with Crippen LogP contribution in [0.3, 0.4) is 0 Å². The van der Waals surface area contributed by atoms with E-state index in [1.54, 1.807) is 19.6 Å². The Balaban J connectivity index is 7.17. The molecule has 0 bridgehead atoms. The fourth-order valence-corrected chi connectivity index (χ4v) is 11.0. The Bertz CT molecular complexity index is 1690. The first-order chi connectivity index (χ1) is 41.8. The summed E-state index contributed by atoms with van der Waals surface area (Å²) in [6, 6.07) is -0.685. The Hall–Kier alpha value is -3.83. The van der Waals surface area contributed by atoms with Crippen LogP contribution in [-0.4, -0.2) is 185 Å². The van der Waals surface area contributed by atoms with Crippen LogP contribution in [0.25, 0.3) is 0 Å². The summed E-state index contributed by atoms with van der Waals surface area (Å²) in [7, 11) is 0. The van der Waals surface area contributed by atoms with Gasteiger partial charge in [-0.25, -0.2) is 0 Å². The highest BCUT2D eigenvalue weighted by atomic mass is 16.3. The molecule has 86 heavy (non-hydrogen) atoms. The van der Waals surface area contributed by atoms with Gasteiger partial charge in [-0.3, -0.25) is 33.6 Å². The highest BCUT2D eigenvalue weighted by Gasteiger charge is 2.30. The molecule has 0 aromatic heterocycles. The predicted octanol–water partition coefficient (Wildman–Crippen LogP) is 12.1. The maximum Gasteiger partial charge on any atom is 0.242 e. The monoisotopic (exact) mass is 1220 g/mol. The van der Waals surface area contributed by atoms with Gasteiger partial charge in [0, 0.05) is 39.3 Å². The number of nitrogens with two attached hydrogens (primary N) is 1. The third-order valence-corrected chi connectivity index (χ3v) is 16.8. The first kappa shape index (κ1) is 82.2. The zero-order valence-corrected chi connectivity index (χ0v) is 56.5. The highest BCUT2D eigenvalue weighted by Crippen LogP contribution is 2.16. The largest absolute Gasteiger partial charge is 0.395 e. The third-order valence-electron chi connectivity index (χ3n) is 16.8. The van der Waals surface area contributed by atoms with Crippen molar-refractivity contribution in [2.75, 3.05) is 98.3 Å². The van der Waals surface area contributed by atoms with E-state index in [0.29, 0.717) is 71.4 Å². The summed E-state index contributed by atoms with van der Waals surface area (Å²) >= 11 is 0. The summed E-state index contributed by atoms with van der Waals surface area (Å²) in [5, 5.41) is 22.4. The number of hydrogen-bond acceptors (Lipinski definition) is 10. The van der Waals surface area contributed by atoms with Crippen LogP contribution >= 0.6 is 0 Å². The first-order valence-electron chi connectivity index (χ1n) is 35.7. The van der Waals surface area contributed by atoms with Crippen LogP contribution in [0.2, 0.25) is 0 Å². The normalized spacial score (nSPS) is 11.3. The molecular formula is C69H134N8O9. The van der Waals surface area contributed by atoms with Gasteiger partial charge in [-0.05, 0) is 38.5 Å². The Morgan fingerprint density at radius 3 is 0.640 bits per heavy atom. The topological polar surface area (TPSA) is 217 Å². The summed E-state index contributed by atoms with van der Waals surface area (Å²) in [5.74, 6) is -2.72. The van der Waals surface area contributed by atoms with Gasteiger partial charge in [0.2, 0.25) is 41.4 Å². The van der Waals surface area contributed by atoms with Crippen molar-refractivity contribution in [3.05, 3.63) is 0 Å². The van der Waals surface area contributed by atoms with Gasteiger partial charge in [0.1, 0.15) is 0 Å². The standard InChI is InChI=1S/C69H134N8O9/c1-7-13-19-25-31-33-39-41-47-72(54-63(70)80)65(82)56-74(49-43-36-28-22-16-10-4)67(84)58-76(51-45-38-30-24-18-12-6)69(86)59-77(52-46-40-34-32-26-20-14-8-2)68(85)57-75(50-44-37-29-23-17-11-5)66(83)55-73(48-42-35-27-21-15-9-3)64(81)53-71-62(60-78)61-79/h62,71,78-79H,7-61H2,1-6H3,(H2,70,80). The lowest BCUT2D eigenvalue weighted by Gasteiger charge is -2.32. The number of nitrogens with zero attached hydrogens (tertiary/aromatic N) is 6. The molecule has 5 N–H and O–H groups in total. The van der Waals surface area contributed by atoms with Crippen LogP contribution in [0.1, 0.15) is 298 Å². The van der Waals surface area contributed by atoms with E-state index >= 15 is 4.79 Å². The van der Waals surface area contributed by atoms with Gasteiger partial charge in [-0.1, -0.05) is 260 Å². The smallest absolute Gasteiger partial charge is 0.242 e. The number of carbonyl (C=O) groups is 7. The molecule has 7 amide bonds. The van der Waals surface area contributed by atoms with Crippen molar-refractivity contribution >= 4 is 41.4 Å². The number of hydrogen-bond donors (Lipinski definition) is 4. The molecule has 0 aliphatic carbocycles. The highest BCUT2D eigenvalue weighted by molar-refractivity contribution is 5.92. The van der Waals surface area contributed by atoms with Gasteiger partial charge in [0.15, 0.2) is 0 Å². The maximum absolute atomic E-state index is 15.0. The molecule has 0 aromatic rings. The van der Waals surface area contributed by atoms with Crippen LogP contribution in [0.15, 0.2) is 0 Å². The van der Waals surface area contributed by atoms with Crippen LogP contribution < -0.4 is 11.1 Å². The van der Waals surface area contributed by atoms with E-state index in [1.807, 2.05) is 0 Å². The molecule has 0 aliphatic heterocycles. The number of aliphatic hydroxyl groups is 2. The first-order valence-corrected chi connectivity index (χ1v) is 35.7. The number of primary amides is 1. The van der Waals surface area contributed by atoms with Gasteiger partial charge in [0.25, 0.3) is 0 Å². The molecule has 0 saturated heterocycles. The lowest BCUT2D eigenvalue weighted by molar-refractivity contribution is -0.148. The number of nitrogens with one attached hydrogen (secondary N) is 1. The zero-order valence-electron chi connectivity index (χ0n) is 56.5. The number of amides is 7. The van der Waals surface area contributed by atoms with E-state index in [-0.39, 0.29) is 94.5 Å². The lowest BCUT2D eigenvalue weighted by atomic mass is 10.1. The van der Waals surface area contributed by atoms with Crippen LogP contribution in [0.5, 0.6) is 0 Å². The number of unbranched alkanes of at least 4 members (excludes halogenated alkanes) is 34. The Kier molecular flexibility index (Phi) is 56.2. The molecule has 0 spiro atoms. The summed E-state index contributed by atoms with van der Waals surface area (Å²) in [6.07, 6.45) is 40.4. The van der Waals surface area contributed by atoms with Crippen molar-refractivity contribution in [3.63, 3.8) is 0 Å². The Labute approximate surface area is 526 Å². The molecule has 0 atom stereocenters. The molecule has 0 fully saturated rings. The van der Waals surface area contributed by atoms with Crippen LogP contribution in [-0.2, 0) is 33.6 Å². The second-order valence-corrected chi connectivity index (χ2v) is 24.8. The zero-order chi connectivity index (χ0) is 63.7. The fraction of sp³-hybridized carbons (Fsp3) is 0.899. The number of aliphatic hydroxyl groups excluding tert-OH is 2. The Morgan fingerprint density at radius 2 is 0.453 bits per heavy atom. The van der Waals surface area contributed by atoms with Gasteiger partial charge in [-0.15, -0.1) is 0 Å². The number of carbonyl (C=O) groups excluding carboxylic acids is 7. The van der Waals surface area contributed by atoms with Crippen molar-refractivity contribution in [2.45, 2.75) is 304 Å². The predicted molar refractivity (Wildman–Crippen MR) is 353 cm³/mol. The Morgan fingerprint density at radius 1 is 0.279 bits per heavy atom. The molecule has 0 unspecified atom stereocenters. The lowest BCUT2D eigenvalue weighted by Crippen LogP contribution is -2.52. The molecule has 0 rings (SSSR count). The molecule has 17 nitrogen and oxygen atoms in total. The molecule has 0 aliphatic rings. The minimum absolute atomic E-state index is 0.169. The van der Waals surface area contributed by atoms with Crippen LogP contribution in [0, 0.1) is 0 Å².